The van der Waals surface area contributed by atoms with E-state index >= 15 is 0 Å². The maximum absolute atomic E-state index is 12.7. The van der Waals surface area contributed by atoms with Gasteiger partial charge >= 0.3 is 17.9 Å². The summed E-state index contributed by atoms with van der Waals surface area (Å²) in [6.45, 7) is 6.17. The van der Waals surface area contributed by atoms with Gasteiger partial charge in [0.15, 0.2) is 6.10 Å². The molecule has 0 saturated heterocycles. The van der Waals surface area contributed by atoms with E-state index in [0.717, 1.165) is 89.9 Å². The fraction of sp³-hybridized carbons (Fsp3) is 0.500. The molecule has 0 aromatic carbocycles. The average molecular weight is 825 g/mol. The van der Waals surface area contributed by atoms with E-state index in [4.69, 9.17) is 14.2 Å². The third-order valence-corrected chi connectivity index (χ3v) is 8.85. The molecule has 1 unspecified atom stereocenters. The normalized spacial score (nSPS) is 13.4. The van der Waals surface area contributed by atoms with Crippen molar-refractivity contribution in [1.29, 1.82) is 0 Å². The van der Waals surface area contributed by atoms with Gasteiger partial charge in [-0.25, -0.2) is 0 Å². The SMILES string of the molecule is CC\C=C/C=C\C=C/C=C\C=C/CCCCCC(=O)OC(COC(=O)CCCCC\C=C/C=C/C=C\C=C/C=C\C=C/CC)COC(=O)CCCCCC/C=C\CCCC. The summed E-state index contributed by atoms with van der Waals surface area (Å²) in [5.74, 6) is -1.04. The standard InChI is InChI=1S/C54H80O6/c1-4-7-10-13-16-19-22-24-26-27-29-30-32-35-38-41-44-47-53(56)59-50-51(49-58-52(55)46-43-40-37-34-21-18-15-12-9-6-3)60-54(57)48-45-42-39-36-33-31-28-25-23-20-17-14-11-8-5-2/h7-8,10-11,13-20,22-33,51H,4-6,9,12,21,34-50H2,1-3H3/b10-7-,11-8-,16-13-,17-14-,18-15-,22-19-,23-20-,26-24-,28-25-,29-27+,32-30-,33-31-. The molecule has 0 aromatic heterocycles. The van der Waals surface area contributed by atoms with Crippen molar-refractivity contribution in [3.8, 4) is 0 Å². The number of hydrogen-bond acceptors (Lipinski definition) is 6. The largest absolute Gasteiger partial charge is 0.462 e. The maximum Gasteiger partial charge on any atom is 0.306 e. The Balaban J connectivity index is 4.61. The van der Waals surface area contributed by atoms with Crippen molar-refractivity contribution >= 4 is 17.9 Å². The number of hydrogen-bond donors (Lipinski definition) is 0. The summed E-state index contributed by atoms with van der Waals surface area (Å²) in [7, 11) is 0. The molecule has 332 valence electrons. The molecule has 0 saturated carbocycles. The first-order valence-corrected chi connectivity index (χ1v) is 23.0. The molecule has 0 N–H and O–H groups in total. The molecule has 0 radical (unpaired) electrons. The van der Waals surface area contributed by atoms with Crippen LogP contribution in [0.5, 0.6) is 0 Å². The third-order valence-electron chi connectivity index (χ3n) is 8.85. The Labute approximate surface area is 366 Å². The van der Waals surface area contributed by atoms with Gasteiger partial charge < -0.3 is 14.2 Å². The lowest BCUT2D eigenvalue weighted by Crippen LogP contribution is -2.30. The van der Waals surface area contributed by atoms with Crippen LogP contribution in [0, 0.1) is 0 Å². The molecule has 0 rings (SSSR count). The van der Waals surface area contributed by atoms with Crippen molar-refractivity contribution in [1.82, 2.24) is 0 Å². The first kappa shape index (κ1) is 55.3. The van der Waals surface area contributed by atoms with Crippen molar-refractivity contribution in [2.24, 2.45) is 0 Å². The van der Waals surface area contributed by atoms with Gasteiger partial charge in [0.1, 0.15) is 13.2 Å². The average Bonchev–Trinajstić information content (AvgIpc) is 3.24. The smallest absolute Gasteiger partial charge is 0.306 e. The van der Waals surface area contributed by atoms with Crippen LogP contribution in [0.15, 0.2) is 146 Å². The van der Waals surface area contributed by atoms with E-state index in [1.165, 1.54) is 12.8 Å². The first-order chi connectivity index (χ1) is 29.5. The molecule has 0 aliphatic rings. The number of allylic oxidation sites excluding steroid dienone is 24. The Hall–Kier alpha value is -4.71. The second-order valence-corrected chi connectivity index (χ2v) is 14.5. The zero-order valence-electron chi connectivity index (χ0n) is 37.6. The van der Waals surface area contributed by atoms with Crippen LogP contribution < -0.4 is 0 Å². The van der Waals surface area contributed by atoms with Gasteiger partial charge in [-0.1, -0.05) is 205 Å². The zero-order chi connectivity index (χ0) is 43.7. The van der Waals surface area contributed by atoms with Crippen molar-refractivity contribution < 1.29 is 28.6 Å². The molecule has 0 fully saturated rings. The lowest BCUT2D eigenvalue weighted by molar-refractivity contribution is -0.167. The highest BCUT2D eigenvalue weighted by Gasteiger charge is 2.19. The maximum atomic E-state index is 12.7. The van der Waals surface area contributed by atoms with Crippen LogP contribution in [0.1, 0.15) is 156 Å². The lowest BCUT2D eigenvalue weighted by Gasteiger charge is -2.18. The molecule has 0 aromatic rings. The van der Waals surface area contributed by atoms with E-state index in [1.807, 2.05) is 109 Å². The molecule has 0 amide bonds. The number of carbonyl (C=O) groups is 3. The summed E-state index contributed by atoms with van der Waals surface area (Å²) in [4.78, 5) is 37.8. The summed E-state index contributed by atoms with van der Waals surface area (Å²) in [6.07, 6.45) is 66.8. The third kappa shape index (κ3) is 44.4. The number of ether oxygens (including phenoxy) is 3. The van der Waals surface area contributed by atoms with Gasteiger partial charge in [0.05, 0.1) is 0 Å². The molecule has 0 spiro atoms. The molecule has 0 aliphatic heterocycles. The van der Waals surface area contributed by atoms with Gasteiger partial charge in [0, 0.05) is 19.3 Å². The van der Waals surface area contributed by atoms with Crippen LogP contribution in [0.2, 0.25) is 0 Å². The minimum Gasteiger partial charge on any atom is -0.462 e. The van der Waals surface area contributed by atoms with Crippen molar-refractivity contribution in [3.05, 3.63) is 146 Å². The monoisotopic (exact) mass is 825 g/mol. The molecule has 0 bridgehead atoms. The minimum absolute atomic E-state index is 0.123. The van der Waals surface area contributed by atoms with Gasteiger partial charge in [-0.15, -0.1) is 0 Å². The molecular formula is C54H80O6. The van der Waals surface area contributed by atoms with E-state index in [0.29, 0.717) is 19.3 Å². The Bertz CT molecular complexity index is 1410. The second-order valence-electron chi connectivity index (χ2n) is 14.5. The Morgan fingerprint density at radius 2 is 0.667 bits per heavy atom. The quantitative estimate of drug-likeness (QED) is 0.0203. The highest BCUT2D eigenvalue weighted by Crippen LogP contribution is 2.11. The number of carbonyl (C=O) groups excluding carboxylic acids is 3. The van der Waals surface area contributed by atoms with Crippen molar-refractivity contribution in [2.45, 2.75) is 162 Å². The van der Waals surface area contributed by atoms with E-state index in [-0.39, 0.29) is 44.0 Å². The summed E-state index contributed by atoms with van der Waals surface area (Å²) < 4.78 is 16.6. The van der Waals surface area contributed by atoms with Crippen molar-refractivity contribution in [3.63, 3.8) is 0 Å². The number of rotatable bonds is 38. The van der Waals surface area contributed by atoms with E-state index in [1.54, 1.807) is 0 Å². The Morgan fingerprint density at radius 1 is 0.350 bits per heavy atom. The molecular weight excluding hydrogens is 745 g/mol. The molecule has 0 heterocycles. The fourth-order valence-electron chi connectivity index (χ4n) is 5.41. The van der Waals surface area contributed by atoms with Crippen LogP contribution in [-0.4, -0.2) is 37.2 Å². The fourth-order valence-corrected chi connectivity index (χ4v) is 5.41. The minimum atomic E-state index is -0.828. The van der Waals surface area contributed by atoms with E-state index in [2.05, 4.69) is 57.2 Å². The highest BCUT2D eigenvalue weighted by atomic mass is 16.6. The first-order valence-electron chi connectivity index (χ1n) is 23.0. The molecule has 6 nitrogen and oxygen atoms in total. The number of unbranched alkanes of at least 4 members (excludes halogenated alkanes) is 12. The van der Waals surface area contributed by atoms with Gasteiger partial charge in [-0.2, -0.15) is 0 Å². The van der Waals surface area contributed by atoms with Crippen LogP contribution >= 0.6 is 0 Å². The molecule has 60 heavy (non-hydrogen) atoms. The predicted molar refractivity (Wildman–Crippen MR) is 255 cm³/mol. The second kappa shape index (κ2) is 47.0. The van der Waals surface area contributed by atoms with Crippen LogP contribution in [-0.2, 0) is 28.6 Å². The van der Waals surface area contributed by atoms with Crippen LogP contribution in [0.3, 0.4) is 0 Å². The lowest BCUT2D eigenvalue weighted by atomic mass is 10.1. The Kier molecular flexibility index (Phi) is 43.3. The van der Waals surface area contributed by atoms with Gasteiger partial charge in [0.25, 0.3) is 0 Å². The number of esters is 3. The van der Waals surface area contributed by atoms with Gasteiger partial charge in [-0.05, 0) is 77.0 Å². The summed E-state index contributed by atoms with van der Waals surface area (Å²) in [5.41, 5.74) is 0. The van der Waals surface area contributed by atoms with Gasteiger partial charge in [0.2, 0.25) is 0 Å². The van der Waals surface area contributed by atoms with Crippen LogP contribution in [0.4, 0.5) is 0 Å². The van der Waals surface area contributed by atoms with Crippen molar-refractivity contribution in [2.75, 3.05) is 13.2 Å². The summed E-state index contributed by atoms with van der Waals surface area (Å²) in [5, 5.41) is 0. The predicted octanol–water partition coefficient (Wildman–Crippen LogP) is 14.9. The molecule has 0 aliphatic carbocycles. The van der Waals surface area contributed by atoms with E-state index < -0.39 is 6.10 Å². The summed E-state index contributed by atoms with van der Waals surface area (Å²) >= 11 is 0. The Morgan fingerprint density at radius 3 is 1.07 bits per heavy atom. The zero-order valence-corrected chi connectivity index (χ0v) is 37.6. The van der Waals surface area contributed by atoms with Crippen LogP contribution in [0.25, 0.3) is 0 Å². The highest BCUT2D eigenvalue weighted by molar-refractivity contribution is 5.71. The molecule has 6 heteroatoms. The van der Waals surface area contributed by atoms with Gasteiger partial charge in [-0.3, -0.25) is 14.4 Å². The molecule has 1 atom stereocenters. The summed E-state index contributed by atoms with van der Waals surface area (Å²) in [6, 6.07) is 0. The van der Waals surface area contributed by atoms with E-state index in [9.17, 15) is 14.4 Å². The topological polar surface area (TPSA) is 78.9 Å².